The van der Waals surface area contributed by atoms with Crippen molar-refractivity contribution in [2.75, 3.05) is 29.5 Å². The summed E-state index contributed by atoms with van der Waals surface area (Å²) in [7, 11) is -1.76. The molecule has 1 N–H and O–H groups in total. The fourth-order valence-electron chi connectivity index (χ4n) is 3.16. The summed E-state index contributed by atoms with van der Waals surface area (Å²) in [6, 6.07) is 10.7. The predicted octanol–water partition coefficient (Wildman–Crippen LogP) is 2.97. The number of carbonyl (C=O) groups is 1. The van der Waals surface area contributed by atoms with Crippen molar-refractivity contribution in [3.05, 3.63) is 53.1 Å². The van der Waals surface area contributed by atoms with Crippen molar-refractivity contribution >= 4 is 27.3 Å². The minimum Gasteiger partial charge on any atom is -0.495 e. The highest BCUT2D eigenvalue weighted by Crippen LogP contribution is 2.31. The Morgan fingerprint density at radius 2 is 1.96 bits per heavy atom. The van der Waals surface area contributed by atoms with Crippen LogP contribution < -0.4 is 14.4 Å². The number of fused-ring (bicyclic) bond motifs is 1. The first-order valence-electron chi connectivity index (χ1n) is 8.36. The number of benzene rings is 2. The lowest BCUT2D eigenvalue weighted by atomic mass is 10.0. The molecule has 1 amide bonds. The number of ether oxygens (including phenoxy) is 1. The molecule has 0 aliphatic carbocycles. The molecule has 0 fully saturated rings. The number of carbonyl (C=O) groups excluding carboxylic acids is 1. The maximum atomic E-state index is 12.7. The lowest BCUT2D eigenvalue weighted by Gasteiger charge is -2.29. The molecular weight excluding hydrogens is 352 g/mol. The van der Waals surface area contributed by atoms with Crippen molar-refractivity contribution in [2.24, 2.45) is 0 Å². The van der Waals surface area contributed by atoms with E-state index in [0.717, 1.165) is 24.0 Å². The predicted molar refractivity (Wildman–Crippen MR) is 103 cm³/mol. The van der Waals surface area contributed by atoms with Gasteiger partial charge in [-0.2, -0.15) is 0 Å². The van der Waals surface area contributed by atoms with Gasteiger partial charge in [0.1, 0.15) is 5.75 Å². The molecule has 0 spiro atoms. The number of anilines is 2. The van der Waals surface area contributed by atoms with Crippen LogP contribution in [0.15, 0.2) is 36.4 Å². The Labute approximate surface area is 153 Å². The van der Waals surface area contributed by atoms with Crippen LogP contribution >= 0.6 is 0 Å². The van der Waals surface area contributed by atoms with Gasteiger partial charge in [0.2, 0.25) is 10.0 Å². The van der Waals surface area contributed by atoms with Gasteiger partial charge in [-0.25, -0.2) is 8.42 Å². The van der Waals surface area contributed by atoms with Crippen LogP contribution in [0, 0.1) is 6.92 Å². The first kappa shape index (κ1) is 18.3. The number of nitrogens with one attached hydrogen (secondary N) is 1. The van der Waals surface area contributed by atoms with Gasteiger partial charge >= 0.3 is 0 Å². The van der Waals surface area contributed by atoms with Gasteiger partial charge < -0.3 is 10.1 Å². The van der Waals surface area contributed by atoms with Crippen molar-refractivity contribution in [3.63, 3.8) is 0 Å². The van der Waals surface area contributed by atoms with E-state index < -0.39 is 10.0 Å². The Bertz CT molecular complexity index is 954. The van der Waals surface area contributed by atoms with E-state index >= 15 is 0 Å². The Kier molecular flexibility index (Phi) is 4.91. The molecule has 0 bridgehead atoms. The molecule has 26 heavy (non-hydrogen) atoms. The quantitative estimate of drug-likeness (QED) is 0.893. The number of amides is 1. The number of nitrogens with zero attached hydrogens (tertiary/aromatic N) is 1. The number of hydrogen-bond donors (Lipinski definition) is 1. The van der Waals surface area contributed by atoms with Crippen molar-refractivity contribution in [1.82, 2.24) is 0 Å². The fraction of sp³-hybridized carbons (Fsp3) is 0.316. The minimum atomic E-state index is -3.32. The fourth-order valence-corrected chi connectivity index (χ4v) is 4.16. The Morgan fingerprint density at radius 3 is 2.65 bits per heavy atom. The van der Waals surface area contributed by atoms with Gasteiger partial charge in [0.25, 0.3) is 5.91 Å². The van der Waals surface area contributed by atoms with Crippen LogP contribution in [0.3, 0.4) is 0 Å². The molecule has 138 valence electrons. The van der Waals surface area contributed by atoms with Crippen LogP contribution in [0.4, 0.5) is 11.4 Å². The van der Waals surface area contributed by atoms with E-state index in [2.05, 4.69) is 5.32 Å². The maximum absolute atomic E-state index is 12.7. The number of hydrogen-bond acceptors (Lipinski definition) is 4. The summed E-state index contributed by atoms with van der Waals surface area (Å²) in [6.07, 6.45) is 2.68. The monoisotopic (exact) mass is 374 g/mol. The third kappa shape index (κ3) is 3.67. The smallest absolute Gasteiger partial charge is 0.255 e. The van der Waals surface area contributed by atoms with Gasteiger partial charge in [-0.1, -0.05) is 6.07 Å². The number of rotatable bonds is 4. The second-order valence-corrected chi connectivity index (χ2v) is 8.35. The molecule has 6 nitrogen and oxygen atoms in total. The van der Waals surface area contributed by atoms with E-state index in [1.165, 1.54) is 10.6 Å². The zero-order chi connectivity index (χ0) is 18.9. The summed E-state index contributed by atoms with van der Waals surface area (Å²) in [5.41, 5.74) is 3.62. The van der Waals surface area contributed by atoms with Crippen LogP contribution in [0.2, 0.25) is 0 Å². The van der Waals surface area contributed by atoms with E-state index in [-0.39, 0.29) is 5.91 Å². The molecular formula is C19H22N2O4S. The van der Waals surface area contributed by atoms with Crippen molar-refractivity contribution in [1.29, 1.82) is 0 Å². The topological polar surface area (TPSA) is 75.7 Å². The first-order chi connectivity index (χ1) is 12.3. The second-order valence-electron chi connectivity index (χ2n) is 6.44. The summed E-state index contributed by atoms with van der Waals surface area (Å²) < 4.78 is 30.6. The third-order valence-electron chi connectivity index (χ3n) is 4.42. The van der Waals surface area contributed by atoms with E-state index in [1.54, 1.807) is 25.3 Å². The Hall–Kier alpha value is -2.54. The molecule has 0 aromatic heterocycles. The lowest BCUT2D eigenvalue weighted by molar-refractivity contribution is 0.102. The maximum Gasteiger partial charge on any atom is 0.255 e. The number of aryl methyl sites for hydroxylation is 2. The Morgan fingerprint density at radius 1 is 1.19 bits per heavy atom. The summed E-state index contributed by atoms with van der Waals surface area (Å²) in [5, 5.41) is 2.87. The molecule has 7 heteroatoms. The summed E-state index contributed by atoms with van der Waals surface area (Å²) in [4.78, 5) is 12.7. The van der Waals surface area contributed by atoms with Crippen LogP contribution in [0.25, 0.3) is 0 Å². The lowest BCUT2D eigenvalue weighted by Crippen LogP contribution is -2.34. The average molecular weight is 374 g/mol. The van der Waals surface area contributed by atoms with Gasteiger partial charge in [-0.3, -0.25) is 9.10 Å². The molecule has 0 radical (unpaired) electrons. The normalized spacial score (nSPS) is 13.9. The summed E-state index contributed by atoms with van der Waals surface area (Å²) in [5.74, 6) is 0.332. The van der Waals surface area contributed by atoms with Crippen LogP contribution in [0.5, 0.6) is 5.75 Å². The number of methoxy groups -OCH3 is 1. The summed E-state index contributed by atoms with van der Waals surface area (Å²) >= 11 is 0. The van der Waals surface area contributed by atoms with Crippen molar-refractivity contribution in [2.45, 2.75) is 19.8 Å². The zero-order valence-electron chi connectivity index (χ0n) is 15.1. The van der Waals surface area contributed by atoms with Crippen LogP contribution in [-0.2, 0) is 16.4 Å². The highest BCUT2D eigenvalue weighted by atomic mass is 32.2. The molecule has 1 heterocycles. The van der Waals surface area contributed by atoms with E-state index in [0.29, 0.717) is 29.2 Å². The average Bonchev–Trinajstić information content (AvgIpc) is 2.60. The molecule has 1 aliphatic heterocycles. The molecule has 0 saturated carbocycles. The highest BCUT2D eigenvalue weighted by Gasteiger charge is 2.24. The van der Waals surface area contributed by atoms with Crippen molar-refractivity contribution in [3.8, 4) is 5.75 Å². The number of sulfonamides is 1. The van der Waals surface area contributed by atoms with Crippen LogP contribution in [-0.4, -0.2) is 34.2 Å². The second kappa shape index (κ2) is 6.99. The largest absolute Gasteiger partial charge is 0.495 e. The molecule has 0 atom stereocenters. The molecule has 2 aromatic carbocycles. The molecule has 0 saturated heterocycles. The zero-order valence-corrected chi connectivity index (χ0v) is 15.9. The summed E-state index contributed by atoms with van der Waals surface area (Å²) in [6.45, 7) is 2.41. The molecule has 1 aliphatic rings. The van der Waals surface area contributed by atoms with Gasteiger partial charge in [0, 0.05) is 12.1 Å². The van der Waals surface area contributed by atoms with Gasteiger partial charge in [0.05, 0.1) is 24.7 Å². The molecule has 2 aromatic rings. The van der Waals surface area contributed by atoms with Gasteiger partial charge in [0.15, 0.2) is 0 Å². The Balaban J connectivity index is 1.89. The first-order valence-corrected chi connectivity index (χ1v) is 10.2. The SMILES string of the molecule is COc1ccc(C)cc1NC(=O)c1ccc2c(c1)CCCN2S(C)(=O)=O. The van der Waals surface area contributed by atoms with Crippen LogP contribution in [0.1, 0.15) is 27.9 Å². The van der Waals surface area contributed by atoms with E-state index in [9.17, 15) is 13.2 Å². The van der Waals surface area contributed by atoms with Crippen molar-refractivity contribution < 1.29 is 17.9 Å². The van der Waals surface area contributed by atoms with Gasteiger partial charge in [-0.15, -0.1) is 0 Å². The highest BCUT2D eigenvalue weighted by molar-refractivity contribution is 7.92. The van der Waals surface area contributed by atoms with Gasteiger partial charge in [-0.05, 0) is 61.2 Å². The molecule has 3 rings (SSSR count). The standard InChI is InChI=1S/C19H22N2O4S/c1-13-6-9-18(25-2)16(11-13)20-19(22)15-7-8-17-14(12-15)5-4-10-21(17)26(3,23)24/h6-9,11-12H,4-5,10H2,1-3H3,(H,20,22). The van der Waals surface area contributed by atoms with E-state index in [1.807, 2.05) is 25.1 Å². The minimum absolute atomic E-state index is 0.256. The molecule has 0 unspecified atom stereocenters. The van der Waals surface area contributed by atoms with E-state index in [4.69, 9.17) is 4.74 Å². The third-order valence-corrected chi connectivity index (χ3v) is 5.60.